The molecule has 2 unspecified atom stereocenters. The number of Topliss-reactive ketones (excluding diaryl/α,β-unsaturated/α-hetero) is 1. The Kier molecular flexibility index (Phi) is 4.08. The van der Waals surface area contributed by atoms with Crippen LogP contribution in [0.1, 0.15) is 35.5 Å². The van der Waals surface area contributed by atoms with Crippen molar-refractivity contribution in [2.24, 2.45) is 5.92 Å². The molecule has 3 N–H and O–H groups in total. The summed E-state index contributed by atoms with van der Waals surface area (Å²) >= 11 is 1.25. The largest absolute Gasteiger partial charge is 0.396 e. The highest BCUT2D eigenvalue weighted by Crippen LogP contribution is 2.36. The van der Waals surface area contributed by atoms with Crippen LogP contribution in [-0.4, -0.2) is 25.0 Å². The molecule has 0 saturated carbocycles. The van der Waals surface area contributed by atoms with Crippen LogP contribution in [-0.2, 0) is 4.74 Å². The molecule has 1 fully saturated rings. The number of nitrogens with one attached hydrogen (secondary N) is 1. The van der Waals surface area contributed by atoms with Crippen molar-refractivity contribution in [3.8, 4) is 6.07 Å². The number of thiophene rings is 1. The van der Waals surface area contributed by atoms with Crippen molar-refractivity contribution in [3.05, 3.63) is 10.4 Å². The van der Waals surface area contributed by atoms with Crippen molar-refractivity contribution in [2.75, 3.05) is 24.2 Å². The first-order chi connectivity index (χ1) is 9.04. The lowest BCUT2D eigenvalue weighted by Gasteiger charge is -2.14. The van der Waals surface area contributed by atoms with Crippen LogP contribution in [0.25, 0.3) is 0 Å². The number of rotatable bonds is 4. The summed E-state index contributed by atoms with van der Waals surface area (Å²) in [5.41, 5.74) is 6.50. The second-order valence-corrected chi connectivity index (χ2v) is 5.74. The van der Waals surface area contributed by atoms with Crippen LogP contribution in [0.4, 0.5) is 10.7 Å². The molecule has 0 aliphatic carbocycles. The summed E-state index contributed by atoms with van der Waals surface area (Å²) in [5.74, 6) is 0.320. The first-order valence-corrected chi connectivity index (χ1v) is 7.05. The third-order valence-corrected chi connectivity index (χ3v) is 4.70. The lowest BCUT2D eigenvalue weighted by atomic mass is 10.0. The van der Waals surface area contributed by atoms with E-state index in [0.29, 0.717) is 27.0 Å². The molecule has 1 aromatic rings. The number of anilines is 2. The molecule has 102 valence electrons. The van der Waals surface area contributed by atoms with E-state index in [1.807, 2.05) is 6.92 Å². The van der Waals surface area contributed by atoms with Gasteiger partial charge in [0.2, 0.25) is 0 Å². The monoisotopic (exact) mass is 279 g/mol. The van der Waals surface area contributed by atoms with Gasteiger partial charge < -0.3 is 15.8 Å². The summed E-state index contributed by atoms with van der Waals surface area (Å²) in [6, 6.07) is 2.07. The zero-order chi connectivity index (χ0) is 14.0. The van der Waals surface area contributed by atoms with Crippen molar-refractivity contribution in [1.29, 1.82) is 5.26 Å². The Morgan fingerprint density at radius 3 is 2.95 bits per heavy atom. The van der Waals surface area contributed by atoms with Crippen LogP contribution >= 0.6 is 11.3 Å². The molecule has 2 heterocycles. The first-order valence-electron chi connectivity index (χ1n) is 6.23. The molecule has 1 saturated heterocycles. The van der Waals surface area contributed by atoms with Crippen LogP contribution in [0.15, 0.2) is 0 Å². The van der Waals surface area contributed by atoms with Crippen molar-refractivity contribution in [3.63, 3.8) is 0 Å². The van der Waals surface area contributed by atoms with Gasteiger partial charge in [-0.2, -0.15) is 5.26 Å². The lowest BCUT2D eigenvalue weighted by molar-refractivity contribution is 0.102. The molecule has 0 amide bonds. The maximum Gasteiger partial charge on any atom is 0.171 e. The maximum absolute atomic E-state index is 11.4. The Hall–Kier alpha value is -1.58. The van der Waals surface area contributed by atoms with Gasteiger partial charge in [-0.1, -0.05) is 0 Å². The number of nitrogens with two attached hydrogens (primary N) is 1. The molecule has 5 nitrogen and oxygen atoms in total. The molecule has 19 heavy (non-hydrogen) atoms. The van der Waals surface area contributed by atoms with E-state index in [0.717, 1.165) is 19.6 Å². The number of nitriles is 1. The lowest BCUT2D eigenvalue weighted by Crippen LogP contribution is -2.20. The highest BCUT2D eigenvalue weighted by molar-refractivity contribution is 7.18. The molecule has 1 aromatic heterocycles. The van der Waals surface area contributed by atoms with Gasteiger partial charge in [0.25, 0.3) is 0 Å². The van der Waals surface area contributed by atoms with Crippen molar-refractivity contribution in [2.45, 2.75) is 26.4 Å². The van der Waals surface area contributed by atoms with Crippen LogP contribution in [0.3, 0.4) is 0 Å². The molecule has 0 bridgehead atoms. The molecule has 0 spiro atoms. The predicted octanol–water partition coefficient (Wildman–Crippen LogP) is 2.24. The van der Waals surface area contributed by atoms with Gasteiger partial charge in [-0.25, -0.2) is 0 Å². The van der Waals surface area contributed by atoms with Gasteiger partial charge >= 0.3 is 0 Å². The number of nitrogen functional groups attached to an aromatic ring is 1. The SMILES string of the molecule is CC(=O)c1sc(NCC2CCOC2C)c(C#N)c1N. The minimum Gasteiger partial charge on any atom is -0.396 e. The molecule has 2 atom stereocenters. The van der Waals surface area contributed by atoms with E-state index in [-0.39, 0.29) is 11.9 Å². The standard InChI is InChI=1S/C13H17N3O2S/c1-7(17)12-11(15)10(5-14)13(19-12)16-6-9-3-4-18-8(9)2/h8-9,16H,3-4,6,15H2,1-2H3. The second-order valence-electron chi connectivity index (χ2n) is 4.72. The highest BCUT2D eigenvalue weighted by Gasteiger charge is 2.25. The summed E-state index contributed by atoms with van der Waals surface area (Å²) in [7, 11) is 0. The average molecular weight is 279 g/mol. The van der Waals surface area contributed by atoms with E-state index in [1.54, 1.807) is 0 Å². The summed E-state index contributed by atoms with van der Waals surface area (Å²) in [6.07, 6.45) is 1.24. The molecule has 0 radical (unpaired) electrons. The van der Waals surface area contributed by atoms with Gasteiger partial charge in [-0.05, 0) is 13.3 Å². The topological polar surface area (TPSA) is 88.1 Å². The summed E-state index contributed by atoms with van der Waals surface area (Å²) in [4.78, 5) is 11.9. The number of ether oxygens (including phenoxy) is 1. The van der Waals surface area contributed by atoms with Crippen LogP contribution in [0.5, 0.6) is 0 Å². The van der Waals surface area contributed by atoms with Crippen molar-refractivity contribution in [1.82, 2.24) is 0 Å². The normalized spacial score (nSPS) is 22.2. The number of carbonyl (C=O) groups excluding carboxylic acids is 1. The Bertz CT molecular complexity index is 533. The van der Waals surface area contributed by atoms with E-state index in [4.69, 9.17) is 15.7 Å². The van der Waals surface area contributed by atoms with Gasteiger partial charge in [0.15, 0.2) is 5.78 Å². The molecule has 2 rings (SSSR count). The zero-order valence-corrected chi connectivity index (χ0v) is 11.8. The van der Waals surface area contributed by atoms with Gasteiger partial charge in [0, 0.05) is 26.0 Å². The smallest absolute Gasteiger partial charge is 0.171 e. The highest BCUT2D eigenvalue weighted by atomic mass is 32.1. The van der Waals surface area contributed by atoms with Crippen molar-refractivity contribution >= 4 is 27.8 Å². The predicted molar refractivity (Wildman–Crippen MR) is 75.5 cm³/mol. The molecule has 6 heteroatoms. The number of hydrogen-bond donors (Lipinski definition) is 2. The summed E-state index contributed by atoms with van der Waals surface area (Å²) in [5, 5.41) is 13.1. The Morgan fingerprint density at radius 2 is 2.42 bits per heavy atom. The van der Waals surface area contributed by atoms with Gasteiger partial charge in [-0.3, -0.25) is 4.79 Å². The Balaban J connectivity index is 2.14. The van der Waals surface area contributed by atoms with Gasteiger partial charge in [0.05, 0.1) is 16.7 Å². The average Bonchev–Trinajstić information content (AvgIpc) is 2.90. The minimum absolute atomic E-state index is 0.107. The van der Waals surface area contributed by atoms with Crippen molar-refractivity contribution < 1.29 is 9.53 Å². The van der Waals surface area contributed by atoms with E-state index in [9.17, 15) is 4.79 Å². The second kappa shape index (κ2) is 5.59. The zero-order valence-electron chi connectivity index (χ0n) is 11.0. The third kappa shape index (κ3) is 2.72. The summed E-state index contributed by atoms with van der Waals surface area (Å²) < 4.78 is 5.50. The third-order valence-electron chi connectivity index (χ3n) is 3.43. The first kappa shape index (κ1) is 13.8. The van der Waals surface area contributed by atoms with Crippen LogP contribution < -0.4 is 11.1 Å². The van der Waals surface area contributed by atoms with Crippen LogP contribution in [0, 0.1) is 17.2 Å². The Labute approximate surface area is 116 Å². The molecule has 1 aliphatic rings. The Morgan fingerprint density at radius 1 is 1.68 bits per heavy atom. The van der Waals surface area contributed by atoms with E-state index < -0.39 is 0 Å². The molecular formula is C13H17N3O2S. The fourth-order valence-electron chi connectivity index (χ4n) is 2.21. The van der Waals surface area contributed by atoms with Gasteiger partial charge in [0.1, 0.15) is 16.6 Å². The van der Waals surface area contributed by atoms with Crippen LogP contribution in [0.2, 0.25) is 0 Å². The minimum atomic E-state index is -0.107. The van der Waals surface area contributed by atoms with E-state index in [2.05, 4.69) is 11.4 Å². The molecule has 0 aromatic carbocycles. The molecule has 1 aliphatic heterocycles. The van der Waals surface area contributed by atoms with Gasteiger partial charge in [-0.15, -0.1) is 11.3 Å². The number of carbonyl (C=O) groups is 1. The number of nitrogens with zero attached hydrogens (tertiary/aromatic N) is 1. The van der Waals surface area contributed by atoms with E-state index in [1.165, 1.54) is 18.3 Å². The number of ketones is 1. The fourth-order valence-corrected chi connectivity index (χ4v) is 3.18. The maximum atomic E-state index is 11.4. The van der Waals surface area contributed by atoms with E-state index >= 15 is 0 Å². The number of hydrogen-bond acceptors (Lipinski definition) is 6. The summed E-state index contributed by atoms with van der Waals surface area (Å²) in [6.45, 7) is 5.02. The fraction of sp³-hybridized carbons (Fsp3) is 0.538. The molecular weight excluding hydrogens is 262 g/mol. The quantitative estimate of drug-likeness (QED) is 0.825.